The van der Waals surface area contributed by atoms with E-state index in [4.69, 9.17) is 11.5 Å². The van der Waals surface area contributed by atoms with Crippen molar-refractivity contribution in [3.05, 3.63) is 30.1 Å². The largest absolute Gasteiger partial charge is 0.329 e. The first-order valence-electron chi connectivity index (χ1n) is 4.12. The van der Waals surface area contributed by atoms with Crippen molar-refractivity contribution in [2.75, 3.05) is 6.54 Å². The molecule has 0 radical (unpaired) electrons. The smallest absolute Gasteiger partial charge is 0.0447 e. The average Bonchev–Trinajstić information content (AvgIpc) is 2.17. The van der Waals surface area contributed by atoms with Crippen molar-refractivity contribution >= 4 is 0 Å². The summed E-state index contributed by atoms with van der Waals surface area (Å²) >= 11 is 0. The Labute approximate surface area is 72.8 Å². The van der Waals surface area contributed by atoms with Crippen molar-refractivity contribution in [2.45, 2.75) is 18.9 Å². The van der Waals surface area contributed by atoms with Gasteiger partial charge in [0.15, 0.2) is 0 Å². The highest BCUT2D eigenvalue weighted by Crippen LogP contribution is 2.13. The minimum atomic E-state index is -0.0000926. The van der Waals surface area contributed by atoms with E-state index in [9.17, 15) is 0 Å². The zero-order chi connectivity index (χ0) is 8.97. The minimum absolute atomic E-state index is 0.0000926. The molecule has 0 fully saturated rings. The van der Waals surface area contributed by atoms with Crippen LogP contribution in [0.5, 0.6) is 0 Å². The van der Waals surface area contributed by atoms with E-state index in [0.29, 0.717) is 6.54 Å². The molecule has 1 rings (SSSR count). The summed E-state index contributed by atoms with van der Waals surface area (Å²) in [4.78, 5) is 4.21. The molecule has 0 aliphatic heterocycles. The Bertz CT molecular complexity index is 222. The van der Waals surface area contributed by atoms with Gasteiger partial charge in [0.1, 0.15) is 0 Å². The van der Waals surface area contributed by atoms with Gasteiger partial charge in [0.2, 0.25) is 0 Å². The Morgan fingerprint density at radius 2 is 2.25 bits per heavy atom. The molecule has 1 aromatic rings. The lowest BCUT2D eigenvalue weighted by Gasteiger charge is -2.16. The molecule has 0 aromatic carbocycles. The summed E-state index contributed by atoms with van der Waals surface area (Å²) in [6, 6.07) is 5.83. The van der Waals surface area contributed by atoms with E-state index >= 15 is 0 Å². The van der Waals surface area contributed by atoms with E-state index in [1.165, 1.54) is 0 Å². The van der Waals surface area contributed by atoms with Gasteiger partial charge in [0, 0.05) is 30.4 Å². The van der Waals surface area contributed by atoms with Crippen LogP contribution in [-0.2, 0) is 0 Å². The van der Waals surface area contributed by atoms with Gasteiger partial charge in [-0.2, -0.15) is 0 Å². The number of nitrogens with two attached hydrogens (primary N) is 2. The van der Waals surface area contributed by atoms with Gasteiger partial charge in [-0.25, -0.2) is 0 Å². The SMILES string of the molecule is CC(c1ccccn1)[C@H](N)CN. The highest BCUT2D eigenvalue weighted by atomic mass is 14.8. The molecule has 0 saturated heterocycles. The van der Waals surface area contributed by atoms with Crippen LogP contribution in [0.1, 0.15) is 18.5 Å². The molecule has 12 heavy (non-hydrogen) atoms. The Balaban J connectivity index is 2.71. The third-order valence-corrected chi connectivity index (χ3v) is 2.07. The maximum absolute atomic E-state index is 5.78. The van der Waals surface area contributed by atoms with E-state index in [0.717, 1.165) is 5.69 Å². The summed E-state index contributed by atoms with van der Waals surface area (Å²) in [5.41, 5.74) is 12.3. The molecular weight excluding hydrogens is 150 g/mol. The van der Waals surface area contributed by atoms with Gasteiger partial charge >= 0.3 is 0 Å². The van der Waals surface area contributed by atoms with E-state index in [1.807, 2.05) is 25.1 Å². The standard InChI is InChI=1S/C9H15N3/c1-7(8(11)6-10)9-4-2-3-5-12-9/h2-5,7-8H,6,10-11H2,1H3/t7?,8-/m1/s1. The molecule has 2 atom stereocenters. The molecule has 0 spiro atoms. The zero-order valence-electron chi connectivity index (χ0n) is 7.27. The summed E-state index contributed by atoms with van der Waals surface area (Å²) in [6.45, 7) is 2.54. The number of rotatable bonds is 3. The number of hydrogen-bond acceptors (Lipinski definition) is 3. The van der Waals surface area contributed by atoms with Crippen LogP contribution in [0.3, 0.4) is 0 Å². The maximum Gasteiger partial charge on any atom is 0.0447 e. The molecular formula is C9H15N3. The quantitative estimate of drug-likeness (QED) is 0.684. The Morgan fingerprint density at radius 1 is 1.50 bits per heavy atom. The molecule has 1 aromatic heterocycles. The highest BCUT2D eigenvalue weighted by molar-refractivity contribution is 5.10. The number of hydrogen-bond donors (Lipinski definition) is 2. The lowest BCUT2D eigenvalue weighted by atomic mass is 9.99. The molecule has 0 amide bonds. The lowest BCUT2D eigenvalue weighted by molar-refractivity contribution is 0.564. The monoisotopic (exact) mass is 165 g/mol. The van der Waals surface area contributed by atoms with Gasteiger partial charge in [-0.05, 0) is 12.1 Å². The van der Waals surface area contributed by atoms with Crippen molar-refractivity contribution in [3.8, 4) is 0 Å². The van der Waals surface area contributed by atoms with E-state index in [1.54, 1.807) is 6.20 Å². The van der Waals surface area contributed by atoms with E-state index in [-0.39, 0.29) is 12.0 Å². The normalized spacial score (nSPS) is 15.6. The molecule has 3 nitrogen and oxygen atoms in total. The van der Waals surface area contributed by atoms with Crippen LogP contribution in [0.2, 0.25) is 0 Å². The first-order valence-corrected chi connectivity index (χ1v) is 4.12. The Kier molecular flexibility index (Phi) is 3.19. The topological polar surface area (TPSA) is 64.9 Å². The fraction of sp³-hybridized carbons (Fsp3) is 0.444. The second kappa shape index (κ2) is 4.18. The van der Waals surface area contributed by atoms with E-state index < -0.39 is 0 Å². The van der Waals surface area contributed by atoms with Crippen molar-refractivity contribution in [3.63, 3.8) is 0 Å². The maximum atomic E-state index is 5.78. The summed E-state index contributed by atoms with van der Waals surface area (Å²) < 4.78 is 0. The molecule has 0 saturated carbocycles. The third-order valence-electron chi connectivity index (χ3n) is 2.07. The summed E-state index contributed by atoms with van der Waals surface area (Å²) in [7, 11) is 0. The summed E-state index contributed by atoms with van der Waals surface area (Å²) in [6.07, 6.45) is 1.77. The fourth-order valence-corrected chi connectivity index (χ4v) is 1.07. The number of aromatic nitrogens is 1. The zero-order valence-corrected chi connectivity index (χ0v) is 7.27. The highest BCUT2D eigenvalue weighted by Gasteiger charge is 2.13. The van der Waals surface area contributed by atoms with Crippen LogP contribution >= 0.6 is 0 Å². The van der Waals surface area contributed by atoms with Crippen LogP contribution in [-0.4, -0.2) is 17.6 Å². The van der Waals surface area contributed by atoms with E-state index in [2.05, 4.69) is 4.98 Å². The molecule has 0 aliphatic carbocycles. The van der Waals surface area contributed by atoms with Crippen molar-refractivity contribution in [2.24, 2.45) is 11.5 Å². The van der Waals surface area contributed by atoms with Gasteiger partial charge in [0.05, 0.1) is 0 Å². The molecule has 1 heterocycles. The van der Waals surface area contributed by atoms with Crippen molar-refractivity contribution in [1.29, 1.82) is 0 Å². The van der Waals surface area contributed by atoms with Crippen LogP contribution < -0.4 is 11.5 Å². The van der Waals surface area contributed by atoms with Crippen LogP contribution in [0.4, 0.5) is 0 Å². The van der Waals surface area contributed by atoms with Gasteiger partial charge in [0.25, 0.3) is 0 Å². The first kappa shape index (κ1) is 9.16. The Morgan fingerprint density at radius 3 is 2.75 bits per heavy atom. The minimum Gasteiger partial charge on any atom is -0.329 e. The predicted octanol–water partition coefficient (Wildman–Crippen LogP) is 0.471. The van der Waals surface area contributed by atoms with Crippen molar-refractivity contribution < 1.29 is 0 Å². The van der Waals surface area contributed by atoms with Gasteiger partial charge < -0.3 is 11.5 Å². The number of nitrogens with zero attached hydrogens (tertiary/aromatic N) is 1. The van der Waals surface area contributed by atoms with Crippen LogP contribution in [0.25, 0.3) is 0 Å². The fourth-order valence-electron chi connectivity index (χ4n) is 1.07. The molecule has 3 heteroatoms. The van der Waals surface area contributed by atoms with Crippen molar-refractivity contribution in [1.82, 2.24) is 4.98 Å². The molecule has 66 valence electrons. The van der Waals surface area contributed by atoms with Gasteiger partial charge in [-0.15, -0.1) is 0 Å². The second-order valence-corrected chi connectivity index (χ2v) is 2.94. The first-order chi connectivity index (χ1) is 5.75. The van der Waals surface area contributed by atoms with Crippen LogP contribution in [0, 0.1) is 0 Å². The second-order valence-electron chi connectivity index (χ2n) is 2.94. The third kappa shape index (κ3) is 2.03. The predicted molar refractivity (Wildman–Crippen MR) is 49.7 cm³/mol. The molecule has 1 unspecified atom stereocenters. The average molecular weight is 165 g/mol. The Hall–Kier alpha value is -0.930. The molecule has 4 N–H and O–H groups in total. The molecule has 0 aliphatic rings. The van der Waals surface area contributed by atoms with Gasteiger partial charge in [-0.1, -0.05) is 13.0 Å². The van der Waals surface area contributed by atoms with Gasteiger partial charge in [-0.3, -0.25) is 4.98 Å². The summed E-state index contributed by atoms with van der Waals surface area (Å²) in [5, 5.41) is 0. The van der Waals surface area contributed by atoms with Crippen LogP contribution in [0.15, 0.2) is 24.4 Å². The number of pyridine rings is 1. The lowest BCUT2D eigenvalue weighted by Crippen LogP contribution is -2.34. The summed E-state index contributed by atoms with van der Waals surface area (Å²) in [5.74, 6) is 0.233. The molecule has 0 bridgehead atoms.